The summed E-state index contributed by atoms with van der Waals surface area (Å²) in [6.45, 7) is 9.33. The number of hydrogen-bond acceptors (Lipinski definition) is 7. The summed E-state index contributed by atoms with van der Waals surface area (Å²) in [7, 11) is 2.49. The van der Waals surface area contributed by atoms with E-state index in [0.717, 1.165) is 24.7 Å². The van der Waals surface area contributed by atoms with E-state index in [0.29, 0.717) is 36.0 Å². The maximum Gasteiger partial charge on any atom is 0.423 e. The fourth-order valence-electron chi connectivity index (χ4n) is 3.48. The summed E-state index contributed by atoms with van der Waals surface area (Å²) in [6, 6.07) is 2.89. The van der Waals surface area contributed by atoms with Crippen molar-refractivity contribution in [2.45, 2.75) is 58.5 Å². The zero-order valence-corrected chi connectivity index (χ0v) is 24.5. The van der Waals surface area contributed by atoms with Crippen LogP contribution in [0, 0.1) is 5.82 Å². The Labute approximate surface area is 241 Å². The van der Waals surface area contributed by atoms with Crippen molar-refractivity contribution >= 4 is 18.0 Å². The number of nitrogen functional groups attached to an aromatic ring is 1. The van der Waals surface area contributed by atoms with Crippen LogP contribution in [0.4, 0.5) is 27.6 Å². The molecule has 3 rings (SSSR count). The van der Waals surface area contributed by atoms with E-state index in [9.17, 15) is 31.5 Å². The molecule has 0 saturated heterocycles. The fraction of sp³-hybridized carbons (Fsp3) is 0.414. The van der Waals surface area contributed by atoms with Gasteiger partial charge in [-0.1, -0.05) is 40.5 Å². The van der Waals surface area contributed by atoms with Crippen LogP contribution in [0.25, 0.3) is 17.5 Å². The average molecular weight is 597 g/mol. The molecule has 0 aliphatic rings. The summed E-state index contributed by atoms with van der Waals surface area (Å²) in [5.74, 6) is -0.187. The SMILES string of the molecule is CCCCCN(C)/C=C\c1cc(-c2ncc(C(C)(C)C)cn2)c(F)cc1C=O.CF.Nc1cn[nH]c(=O)c1C(F)(F)F. The van der Waals surface area contributed by atoms with Gasteiger partial charge in [-0.15, -0.1) is 0 Å². The molecule has 0 unspecified atom stereocenters. The Morgan fingerprint density at radius 2 is 1.64 bits per heavy atom. The van der Waals surface area contributed by atoms with Gasteiger partial charge in [0.1, 0.15) is 11.4 Å². The molecule has 2 aromatic heterocycles. The first-order valence-electron chi connectivity index (χ1n) is 13.0. The highest BCUT2D eigenvalue weighted by Gasteiger charge is 2.36. The number of carbonyl (C=O) groups is 1. The van der Waals surface area contributed by atoms with E-state index in [1.807, 2.05) is 19.3 Å². The molecule has 8 nitrogen and oxygen atoms in total. The molecule has 0 radical (unpaired) electrons. The van der Waals surface area contributed by atoms with Crippen LogP contribution in [-0.2, 0) is 11.6 Å². The van der Waals surface area contributed by atoms with Crippen LogP contribution < -0.4 is 11.3 Å². The topological polar surface area (TPSA) is 118 Å². The van der Waals surface area contributed by atoms with Gasteiger partial charge in [0.05, 0.1) is 24.6 Å². The predicted molar refractivity (Wildman–Crippen MR) is 154 cm³/mol. The third-order valence-corrected chi connectivity index (χ3v) is 5.85. The zero-order chi connectivity index (χ0) is 32.1. The van der Waals surface area contributed by atoms with Crippen molar-refractivity contribution in [3.05, 3.63) is 75.3 Å². The highest BCUT2D eigenvalue weighted by Crippen LogP contribution is 2.29. The van der Waals surface area contributed by atoms with Crippen molar-refractivity contribution in [3.63, 3.8) is 0 Å². The smallest absolute Gasteiger partial charge is 0.397 e. The number of aromatic nitrogens is 4. The molecule has 3 N–H and O–H groups in total. The van der Waals surface area contributed by atoms with E-state index in [2.05, 4.69) is 47.7 Å². The molecule has 0 bridgehead atoms. The van der Waals surface area contributed by atoms with Gasteiger partial charge < -0.3 is 10.6 Å². The maximum absolute atomic E-state index is 14.6. The molecule has 0 amide bonds. The molecule has 0 aliphatic carbocycles. The largest absolute Gasteiger partial charge is 0.423 e. The number of aromatic amines is 1. The number of unbranched alkanes of at least 4 members (excludes halogenated alkanes) is 2. The lowest BCUT2D eigenvalue weighted by atomic mass is 9.89. The van der Waals surface area contributed by atoms with E-state index >= 15 is 0 Å². The lowest BCUT2D eigenvalue weighted by molar-refractivity contribution is -0.138. The van der Waals surface area contributed by atoms with Crippen LogP contribution in [0.5, 0.6) is 0 Å². The number of nitrogens with two attached hydrogens (primary N) is 1. The van der Waals surface area contributed by atoms with E-state index < -0.39 is 28.8 Å². The van der Waals surface area contributed by atoms with Crippen molar-refractivity contribution in [2.24, 2.45) is 0 Å². The quantitative estimate of drug-likeness (QED) is 0.175. The highest BCUT2D eigenvalue weighted by molar-refractivity contribution is 5.84. The minimum Gasteiger partial charge on any atom is -0.397 e. The third kappa shape index (κ3) is 10.7. The first-order valence-corrected chi connectivity index (χ1v) is 13.0. The Balaban J connectivity index is 0.000000524. The summed E-state index contributed by atoms with van der Waals surface area (Å²) in [5, 5.41) is 4.74. The number of carbonyl (C=O) groups excluding carboxylic acids is 1. The number of aldehydes is 1. The number of H-pyrrole nitrogens is 1. The highest BCUT2D eigenvalue weighted by atomic mass is 19.4. The molecule has 13 heteroatoms. The Morgan fingerprint density at radius 3 is 2.12 bits per heavy atom. The lowest BCUT2D eigenvalue weighted by Crippen LogP contribution is -2.24. The molecular formula is C29H37F5N6O2. The summed E-state index contributed by atoms with van der Waals surface area (Å²) < 4.78 is 60.0. The number of anilines is 1. The van der Waals surface area contributed by atoms with Gasteiger partial charge in [-0.25, -0.2) is 19.5 Å². The second kappa shape index (κ2) is 16.3. The summed E-state index contributed by atoms with van der Waals surface area (Å²) in [6.07, 6.45) is 7.35. The second-order valence-electron chi connectivity index (χ2n) is 10.2. The minimum atomic E-state index is -4.74. The molecule has 0 saturated carbocycles. The van der Waals surface area contributed by atoms with Crippen molar-refractivity contribution < 1.29 is 26.7 Å². The Bertz CT molecular complexity index is 1370. The normalized spacial score (nSPS) is 11.3. The van der Waals surface area contributed by atoms with E-state index in [1.54, 1.807) is 23.6 Å². The summed E-state index contributed by atoms with van der Waals surface area (Å²) in [5.41, 5.74) is 3.65. The number of alkyl halides is 4. The maximum atomic E-state index is 14.6. The number of benzene rings is 1. The lowest BCUT2D eigenvalue weighted by Gasteiger charge is -2.18. The molecule has 230 valence electrons. The molecule has 0 spiro atoms. The Morgan fingerprint density at radius 1 is 1.02 bits per heavy atom. The van der Waals surface area contributed by atoms with Crippen LogP contribution in [-0.4, -0.2) is 52.1 Å². The van der Waals surface area contributed by atoms with Gasteiger partial charge in [0, 0.05) is 31.5 Å². The first kappa shape index (κ1) is 35.9. The minimum absolute atomic E-state index is 0.0747. The van der Waals surface area contributed by atoms with Gasteiger partial charge >= 0.3 is 6.18 Å². The predicted octanol–water partition coefficient (Wildman–Crippen LogP) is 6.44. The third-order valence-electron chi connectivity index (χ3n) is 5.85. The van der Waals surface area contributed by atoms with Gasteiger partial charge in [0.2, 0.25) is 0 Å². The zero-order valence-electron chi connectivity index (χ0n) is 24.5. The van der Waals surface area contributed by atoms with Crippen LogP contribution in [0.3, 0.4) is 0 Å². The van der Waals surface area contributed by atoms with Crippen molar-refractivity contribution in [1.82, 2.24) is 25.1 Å². The summed E-state index contributed by atoms with van der Waals surface area (Å²) >= 11 is 0. The average Bonchev–Trinajstić information content (AvgIpc) is 2.92. The fourth-order valence-corrected chi connectivity index (χ4v) is 3.48. The number of nitrogens with zero attached hydrogens (tertiary/aromatic N) is 4. The monoisotopic (exact) mass is 596 g/mol. The van der Waals surface area contributed by atoms with E-state index in [1.165, 1.54) is 18.9 Å². The van der Waals surface area contributed by atoms with Gasteiger partial charge in [0.15, 0.2) is 12.1 Å². The van der Waals surface area contributed by atoms with Gasteiger partial charge in [-0.05, 0) is 47.4 Å². The van der Waals surface area contributed by atoms with E-state index in [4.69, 9.17) is 5.73 Å². The Kier molecular flexibility index (Phi) is 13.9. The van der Waals surface area contributed by atoms with E-state index in [-0.39, 0.29) is 5.41 Å². The molecule has 3 aromatic rings. The van der Waals surface area contributed by atoms with Gasteiger partial charge in [0.25, 0.3) is 5.56 Å². The number of rotatable bonds is 8. The number of halogens is 5. The molecular weight excluding hydrogens is 559 g/mol. The standard InChI is InChI=1S/C23H30FN3O.C5H4F3N3O.CH3F/c1-6-7-8-10-27(5)11-9-17-12-20(21(24)13-18(17)16-28)22-25-14-19(15-26-22)23(2,3)4;6-5(7,8)3-2(9)1-10-11-4(3)12;1-2/h9,11-16H,6-8,10H2,1-5H3;1H,(H3,9,11,12);1H3/b11-9-;;. The molecule has 42 heavy (non-hydrogen) atoms. The van der Waals surface area contributed by atoms with Crippen molar-refractivity contribution in [2.75, 3.05) is 26.5 Å². The molecule has 1 aromatic carbocycles. The molecule has 0 aliphatic heterocycles. The number of nitrogens with one attached hydrogen (secondary N) is 1. The molecule has 2 heterocycles. The second-order valence-corrected chi connectivity index (χ2v) is 10.2. The van der Waals surface area contributed by atoms with Crippen LogP contribution in [0.1, 0.15) is 74.0 Å². The van der Waals surface area contributed by atoms with Crippen molar-refractivity contribution in [3.8, 4) is 11.4 Å². The van der Waals surface area contributed by atoms with Gasteiger partial charge in [-0.3, -0.25) is 14.0 Å². The van der Waals surface area contributed by atoms with Crippen LogP contribution >= 0.6 is 0 Å². The molecule has 0 fully saturated rings. The Hall–Kier alpha value is -4.16. The summed E-state index contributed by atoms with van der Waals surface area (Å²) in [4.78, 5) is 32.7. The van der Waals surface area contributed by atoms with Crippen LogP contribution in [0.2, 0.25) is 0 Å². The van der Waals surface area contributed by atoms with Crippen LogP contribution in [0.15, 0.2) is 41.7 Å². The van der Waals surface area contributed by atoms with Gasteiger partial charge in [-0.2, -0.15) is 18.3 Å². The van der Waals surface area contributed by atoms with Crippen molar-refractivity contribution in [1.29, 1.82) is 0 Å². The molecule has 0 atom stereocenters. The first-order chi connectivity index (χ1) is 19.7. The number of hydrogen-bond donors (Lipinski definition) is 2.